The molecule has 8 heteroatoms. The summed E-state index contributed by atoms with van der Waals surface area (Å²) in [5, 5.41) is 2.75. The third-order valence-corrected chi connectivity index (χ3v) is 5.85. The lowest BCUT2D eigenvalue weighted by molar-refractivity contribution is -0.149. The molecule has 1 N–H and O–H groups in total. The quantitative estimate of drug-likeness (QED) is 0.320. The summed E-state index contributed by atoms with van der Waals surface area (Å²) in [6, 6.07) is 0. The van der Waals surface area contributed by atoms with Crippen molar-refractivity contribution in [2.45, 2.75) is 103 Å². The summed E-state index contributed by atoms with van der Waals surface area (Å²) in [4.78, 5) is 24.5. The van der Waals surface area contributed by atoms with E-state index in [1.807, 2.05) is 41.5 Å². The van der Waals surface area contributed by atoms with Crippen LogP contribution in [0.1, 0.15) is 80.1 Å². The van der Waals surface area contributed by atoms with Gasteiger partial charge in [0, 0.05) is 0 Å². The maximum atomic E-state index is 12.4. The molecular formula is C20H38BNO6. The first-order chi connectivity index (χ1) is 13.0. The third kappa shape index (κ3) is 6.37. The van der Waals surface area contributed by atoms with Crippen molar-refractivity contribution in [1.29, 1.82) is 0 Å². The Balaban J connectivity index is 2.58. The predicted octanol–water partition coefficient (Wildman–Crippen LogP) is 4.10. The van der Waals surface area contributed by atoms with Crippen molar-refractivity contribution < 1.29 is 28.4 Å². The SMILES string of the molecule is CCCCOC(=O)N[C@@](CC)(CCCCB1OC(C)(C)C(C)(C)O1)C(=O)OC. The van der Waals surface area contributed by atoms with Gasteiger partial charge in [-0.25, -0.2) is 9.59 Å². The summed E-state index contributed by atoms with van der Waals surface area (Å²) in [6.07, 6.45) is 4.31. The molecule has 1 saturated heterocycles. The summed E-state index contributed by atoms with van der Waals surface area (Å²) < 4.78 is 22.1. The van der Waals surface area contributed by atoms with Gasteiger partial charge in [0.1, 0.15) is 5.54 Å². The standard InChI is InChI=1S/C20H38BNO6/c1-8-10-15-26-17(24)22-20(9-2,16(23)25-7)13-11-12-14-21-27-18(3,4)19(5,6)28-21/h8-15H2,1-7H3,(H,22,24)/t20-/m0/s1. The molecule has 0 saturated carbocycles. The Morgan fingerprint density at radius 2 is 1.64 bits per heavy atom. The number of alkyl carbamates (subject to hydrolysis) is 1. The highest BCUT2D eigenvalue weighted by molar-refractivity contribution is 6.45. The van der Waals surface area contributed by atoms with Crippen molar-refractivity contribution in [3.8, 4) is 0 Å². The van der Waals surface area contributed by atoms with Crippen LogP contribution in [0.5, 0.6) is 0 Å². The summed E-state index contributed by atoms with van der Waals surface area (Å²) in [7, 11) is 1.08. The number of ether oxygens (including phenoxy) is 2. The van der Waals surface area contributed by atoms with Crippen molar-refractivity contribution in [3.05, 3.63) is 0 Å². The molecule has 162 valence electrons. The van der Waals surface area contributed by atoms with Crippen molar-refractivity contribution >= 4 is 19.2 Å². The zero-order valence-corrected chi connectivity index (χ0v) is 18.7. The van der Waals surface area contributed by atoms with Crippen molar-refractivity contribution in [1.82, 2.24) is 5.32 Å². The first-order valence-electron chi connectivity index (χ1n) is 10.4. The lowest BCUT2D eigenvalue weighted by atomic mass is 9.80. The molecule has 1 heterocycles. The number of unbranched alkanes of at least 4 members (excludes halogenated alkanes) is 2. The molecule has 28 heavy (non-hydrogen) atoms. The molecule has 0 radical (unpaired) electrons. The van der Waals surface area contributed by atoms with E-state index in [0.29, 0.717) is 19.4 Å². The minimum Gasteiger partial charge on any atom is -0.467 e. The molecule has 0 spiro atoms. The lowest BCUT2D eigenvalue weighted by Gasteiger charge is -2.32. The van der Waals surface area contributed by atoms with Crippen molar-refractivity contribution in [3.63, 3.8) is 0 Å². The third-order valence-electron chi connectivity index (χ3n) is 5.85. The Hall–Kier alpha value is -1.28. The van der Waals surface area contributed by atoms with Gasteiger partial charge in [0.2, 0.25) is 0 Å². The molecule has 1 aliphatic heterocycles. The van der Waals surface area contributed by atoms with E-state index in [9.17, 15) is 9.59 Å². The molecule has 1 amide bonds. The first-order valence-corrected chi connectivity index (χ1v) is 10.4. The molecule has 1 fully saturated rings. The number of esters is 1. The highest BCUT2D eigenvalue weighted by atomic mass is 16.7. The second-order valence-corrected chi connectivity index (χ2v) is 8.47. The fourth-order valence-corrected chi connectivity index (χ4v) is 3.18. The predicted molar refractivity (Wildman–Crippen MR) is 109 cm³/mol. The van der Waals surface area contributed by atoms with Crippen LogP contribution in [0.2, 0.25) is 6.32 Å². The van der Waals surface area contributed by atoms with Crippen LogP contribution in [-0.2, 0) is 23.6 Å². The van der Waals surface area contributed by atoms with E-state index in [0.717, 1.165) is 32.0 Å². The Labute approximate surface area is 170 Å². The van der Waals surface area contributed by atoms with Gasteiger partial charge in [-0.2, -0.15) is 0 Å². The molecule has 0 unspecified atom stereocenters. The van der Waals surface area contributed by atoms with Crippen LogP contribution in [0.4, 0.5) is 4.79 Å². The highest BCUT2D eigenvalue weighted by Crippen LogP contribution is 2.38. The number of nitrogens with one attached hydrogen (secondary N) is 1. The average Bonchev–Trinajstić information content (AvgIpc) is 2.83. The number of rotatable bonds is 11. The normalized spacial score (nSPS) is 19.8. The van der Waals surface area contributed by atoms with Gasteiger partial charge in [-0.1, -0.05) is 33.1 Å². The van der Waals surface area contributed by atoms with Gasteiger partial charge in [0.05, 0.1) is 24.9 Å². The molecule has 0 bridgehead atoms. The number of amides is 1. The first kappa shape index (κ1) is 24.8. The number of methoxy groups -OCH3 is 1. The summed E-state index contributed by atoms with van der Waals surface area (Å²) in [5.74, 6) is -0.446. The fourth-order valence-electron chi connectivity index (χ4n) is 3.18. The van der Waals surface area contributed by atoms with Gasteiger partial charge in [0.25, 0.3) is 0 Å². The average molecular weight is 399 g/mol. The second kappa shape index (κ2) is 10.5. The van der Waals surface area contributed by atoms with Gasteiger partial charge in [-0.15, -0.1) is 0 Å². The Morgan fingerprint density at radius 1 is 1.04 bits per heavy atom. The van der Waals surface area contributed by atoms with Crippen LogP contribution in [0.25, 0.3) is 0 Å². The molecule has 1 aliphatic rings. The van der Waals surface area contributed by atoms with Crippen LogP contribution in [-0.4, -0.2) is 49.6 Å². The Morgan fingerprint density at radius 3 is 2.14 bits per heavy atom. The van der Waals surface area contributed by atoms with Crippen LogP contribution in [0.3, 0.4) is 0 Å². The molecule has 7 nitrogen and oxygen atoms in total. The zero-order valence-electron chi connectivity index (χ0n) is 18.7. The van der Waals surface area contributed by atoms with Gasteiger partial charge in [-0.05, 0) is 53.3 Å². The van der Waals surface area contributed by atoms with Crippen LogP contribution >= 0.6 is 0 Å². The number of carbonyl (C=O) groups excluding carboxylic acids is 2. The molecule has 1 rings (SSSR count). The maximum absolute atomic E-state index is 12.4. The lowest BCUT2D eigenvalue weighted by Crippen LogP contribution is -2.54. The number of hydrogen-bond donors (Lipinski definition) is 1. The Bertz CT molecular complexity index is 509. The number of carbonyl (C=O) groups is 2. The number of hydrogen-bond acceptors (Lipinski definition) is 6. The summed E-state index contributed by atoms with van der Waals surface area (Å²) in [6.45, 7) is 12.3. The second-order valence-electron chi connectivity index (χ2n) is 8.47. The molecular weight excluding hydrogens is 361 g/mol. The minimum absolute atomic E-state index is 0.258. The summed E-state index contributed by atoms with van der Waals surface area (Å²) in [5.41, 5.74) is -1.77. The van der Waals surface area contributed by atoms with Gasteiger partial charge in [-0.3, -0.25) is 0 Å². The van der Waals surface area contributed by atoms with E-state index in [-0.39, 0.29) is 18.3 Å². The maximum Gasteiger partial charge on any atom is 0.457 e. The van der Waals surface area contributed by atoms with Crippen molar-refractivity contribution in [2.75, 3.05) is 13.7 Å². The molecule has 1 atom stereocenters. The molecule has 0 aromatic heterocycles. The van der Waals surface area contributed by atoms with Crippen LogP contribution < -0.4 is 5.32 Å². The molecule has 0 aromatic rings. The van der Waals surface area contributed by atoms with Crippen LogP contribution in [0.15, 0.2) is 0 Å². The minimum atomic E-state index is -1.08. The molecule has 0 aliphatic carbocycles. The zero-order chi connectivity index (χ0) is 21.4. The summed E-state index contributed by atoms with van der Waals surface area (Å²) >= 11 is 0. The van der Waals surface area contributed by atoms with Gasteiger partial charge < -0.3 is 24.1 Å². The fraction of sp³-hybridized carbons (Fsp3) is 0.900. The highest BCUT2D eigenvalue weighted by Gasteiger charge is 2.50. The van der Waals surface area contributed by atoms with E-state index in [1.54, 1.807) is 0 Å². The van der Waals surface area contributed by atoms with Crippen LogP contribution in [0, 0.1) is 0 Å². The smallest absolute Gasteiger partial charge is 0.457 e. The van der Waals surface area contributed by atoms with Gasteiger partial charge in [0.15, 0.2) is 0 Å². The van der Waals surface area contributed by atoms with E-state index in [1.165, 1.54) is 7.11 Å². The topological polar surface area (TPSA) is 83.1 Å². The van der Waals surface area contributed by atoms with E-state index in [4.69, 9.17) is 18.8 Å². The van der Waals surface area contributed by atoms with E-state index in [2.05, 4.69) is 5.32 Å². The van der Waals surface area contributed by atoms with Crippen molar-refractivity contribution in [2.24, 2.45) is 0 Å². The Kier molecular flexibility index (Phi) is 9.27. The largest absolute Gasteiger partial charge is 0.467 e. The monoisotopic (exact) mass is 399 g/mol. The molecule has 0 aromatic carbocycles. The van der Waals surface area contributed by atoms with Gasteiger partial charge >= 0.3 is 19.2 Å². The van der Waals surface area contributed by atoms with E-state index >= 15 is 0 Å². The van der Waals surface area contributed by atoms with E-state index < -0.39 is 17.6 Å².